The quantitative estimate of drug-likeness (QED) is 0.835. The van der Waals surface area contributed by atoms with Gasteiger partial charge in [-0.2, -0.15) is 0 Å². The van der Waals surface area contributed by atoms with E-state index in [2.05, 4.69) is 0 Å². The molecule has 1 aliphatic rings. The van der Waals surface area contributed by atoms with E-state index in [9.17, 15) is 14.0 Å². The Morgan fingerprint density at radius 2 is 2.18 bits per heavy atom. The molecule has 1 fully saturated rings. The minimum atomic E-state index is -0.423. The topological polar surface area (TPSA) is 40.6 Å². The summed E-state index contributed by atoms with van der Waals surface area (Å²) in [7, 11) is 0. The summed E-state index contributed by atoms with van der Waals surface area (Å²) in [4.78, 5) is 27.3. The van der Waals surface area contributed by atoms with Crippen molar-refractivity contribution in [3.05, 3.63) is 34.6 Å². The highest BCUT2D eigenvalue weighted by molar-refractivity contribution is 6.31. The van der Waals surface area contributed by atoms with Crippen LogP contribution in [-0.2, 0) is 16.1 Å². The Labute approximate surface area is 134 Å². The van der Waals surface area contributed by atoms with Gasteiger partial charge >= 0.3 is 0 Å². The number of rotatable bonds is 5. The van der Waals surface area contributed by atoms with Gasteiger partial charge in [0.05, 0.1) is 13.1 Å². The van der Waals surface area contributed by atoms with Crippen LogP contribution >= 0.6 is 11.6 Å². The number of piperidine rings is 1. The zero-order chi connectivity index (χ0) is 16.1. The molecule has 120 valence electrons. The smallest absolute Gasteiger partial charge is 0.242 e. The van der Waals surface area contributed by atoms with Crippen molar-refractivity contribution >= 4 is 23.4 Å². The standard InChI is InChI=1S/C16H20ClFN2O2/c1-2-19(10-12-13(17)6-5-7-14(12)18)16(22)11-20-9-4-3-8-15(20)21/h5-7H,2-4,8-11H2,1H3. The first-order chi connectivity index (χ1) is 10.5. The molecule has 4 nitrogen and oxygen atoms in total. The third-order valence-corrected chi connectivity index (χ3v) is 4.25. The first kappa shape index (κ1) is 16.7. The number of nitrogens with zero attached hydrogens (tertiary/aromatic N) is 2. The summed E-state index contributed by atoms with van der Waals surface area (Å²) in [6, 6.07) is 4.46. The van der Waals surface area contributed by atoms with Gasteiger partial charge in [0.1, 0.15) is 5.82 Å². The van der Waals surface area contributed by atoms with Gasteiger partial charge in [-0.15, -0.1) is 0 Å². The molecular formula is C16H20ClFN2O2. The molecule has 0 aliphatic carbocycles. The molecule has 0 atom stereocenters. The average Bonchev–Trinajstić information content (AvgIpc) is 2.49. The van der Waals surface area contributed by atoms with Crippen LogP contribution in [0.4, 0.5) is 4.39 Å². The number of halogens is 2. The fourth-order valence-corrected chi connectivity index (χ4v) is 2.77. The largest absolute Gasteiger partial charge is 0.337 e. The molecule has 6 heteroatoms. The maximum atomic E-state index is 13.8. The second kappa shape index (κ2) is 7.58. The predicted octanol–water partition coefficient (Wildman–Crippen LogP) is 2.84. The lowest BCUT2D eigenvalue weighted by atomic mass is 10.1. The van der Waals surface area contributed by atoms with Gasteiger partial charge in [-0.25, -0.2) is 4.39 Å². The predicted molar refractivity (Wildman–Crippen MR) is 82.9 cm³/mol. The molecule has 0 saturated carbocycles. The van der Waals surface area contributed by atoms with Gasteiger partial charge in [0.25, 0.3) is 0 Å². The van der Waals surface area contributed by atoms with Crippen LogP contribution < -0.4 is 0 Å². The molecule has 0 unspecified atom stereocenters. The van der Waals surface area contributed by atoms with Crippen molar-refractivity contribution in [2.45, 2.75) is 32.7 Å². The summed E-state index contributed by atoms with van der Waals surface area (Å²) in [6.07, 6.45) is 2.30. The van der Waals surface area contributed by atoms with Gasteiger partial charge in [0.2, 0.25) is 11.8 Å². The van der Waals surface area contributed by atoms with E-state index < -0.39 is 5.82 Å². The van der Waals surface area contributed by atoms with Crippen LogP contribution in [0, 0.1) is 5.82 Å². The number of likely N-dealkylation sites (tertiary alicyclic amines) is 1. The van der Waals surface area contributed by atoms with E-state index in [4.69, 9.17) is 11.6 Å². The second-order valence-electron chi connectivity index (χ2n) is 5.38. The van der Waals surface area contributed by atoms with Crippen molar-refractivity contribution in [3.63, 3.8) is 0 Å². The molecule has 1 aliphatic heterocycles. The Morgan fingerprint density at radius 3 is 2.82 bits per heavy atom. The van der Waals surface area contributed by atoms with E-state index in [1.54, 1.807) is 11.0 Å². The van der Waals surface area contributed by atoms with Gasteiger partial charge in [-0.05, 0) is 31.9 Å². The molecule has 0 spiro atoms. The van der Waals surface area contributed by atoms with Crippen molar-refractivity contribution in [3.8, 4) is 0 Å². The van der Waals surface area contributed by atoms with Crippen molar-refractivity contribution < 1.29 is 14.0 Å². The number of amides is 2. The Morgan fingerprint density at radius 1 is 1.41 bits per heavy atom. The van der Waals surface area contributed by atoms with Crippen molar-refractivity contribution in [1.29, 1.82) is 0 Å². The molecule has 1 aromatic rings. The summed E-state index contributed by atoms with van der Waals surface area (Å²) in [5.41, 5.74) is 0.310. The van der Waals surface area contributed by atoms with E-state index in [0.717, 1.165) is 12.8 Å². The van der Waals surface area contributed by atoms with E-state index in [1.165, 1.54) is 17.0 Å². The fourth-order valence-electron chi connectivity index (χ4n) is 2.54. The number of hydrogen-bond donors (Lipinski definition) is 0. The van der Waals surface area contributed by atoms with Gasteiger partial charge in [0, 0.05) is 30.1 Å². The van der Waals surface area contributed by atoms with Crippen molar-refractivity contribution in [2.75, 3.05) is 19.6 Å². The van der Waals surface area contributed by atoms with Crippen LogP contribution in [0.2, 0.25) is 5.02 Å². The minimum Gasteiger partial charge on any atom is -0.337 e. The highest BCUT2D eigenvalue weighted by atomic mass is 35.5. The number of benzene rings is 1. The highest BCUT2D eigenvalue weighted by Crippen LogP contribution is 2.21. The zero-order valence-corrected chi connectivity index (χ0v) is 13.4. The Hall–Kier alpha value is -1.62. The summed E-state index contributed by atoms with van der Waals surface area (Å²) in [5.74, 6) is -0.593. The van der Waals surface area contributed by atoms with E-state index in [0.29, 0.717) is 30.1 Å². The van der Waals surface area contributed by atoms with Gasteiger partial charge < -0.3 is 9.80 Å². The van der Waals surface area contributed by atoms with E-state index in [1.807, 2.05) is 6.92 Å². The van der Waals surface area contributed by atoms with Crippen molar-refractivity contribution in [1.82, 2.24) is 9.80 Å². The van der Waals surface area contributed by atoms with Crippen LogP contribution in [0.3, 0.4) is 0 Å². The van der Waals surface area contributed by atoms with Crippen LogP contribution in [0.15, 0.2) is 18.2 Å². The maximum absolute atomic E-state index is 13.8. The molecule has 22 heavy (non-hydrogen) atoms. The Balaban J connectivity index is 2.04. The monoisotopic (exact) mass is 326 g/mol. The molecule has 1 saturated heterocycles. The maximum Gasteiger partial charge on any atom is 0.242 e. The van der Waals surface area contributed by atoms with Gasteiger partial charge in [0.15, 0.2) is 0 Å². The van der Waals surface area contributed by atoms with Crippen LogP contribution in [0.5, 0.6) is 0 Å². The van der Waals surface area contributed by atoms with Gasteiger partial charge in [-0.3, -0.25) is 9.59 Å². The van der Waals surface area contributed by atoms with Gasteiger partial charge in [-0.1, -0.05) is 17.7 Å². The van der Waals surface area contributed by atoms with Crippen LogP contribution in [-0.4, -0.2) is 41.2 Å². The summed E-state index contributed by atoms with van der Waals surface area (Å²) in [6.45, 7) is 3.04. The third-order valence-electron chi connectivity index (χ3n) is 3.89. The second-order valence-corrected chi connectivity index (χ2v) is 5.79. The molecule has 1 heterocycles. The summed E-state index contributed by atoms with van der Waals surface area (Å²) < 4.78 is 13.8. The molecule has 0 N–H and O–H groups in total. The summed E-state index contributed by atoms with van der Waals surface area (Å²) >= 11 is 6.01. The average molecular weight is 327 g/mol. The van der Waals surface area contributed by atoms with Crippen molar-refractivity contribution in [2.24, 2.45) is 0 Å². The number of hydrogen-bond acceptors (Lipinski definition) is 2. The molecule has 0 radical (unpaired) electrons. The van der Waals surface area contributed by atoms with E-state index in [-0.39, 0.29) is 24.9 Å². The highest BCUT2D eigenvalue weighted by Gasteiger charge is 2.23. The lowest BCUT2D eigenvalue weighted by Crippen LogP contribution is -2.44. The van der Waals surface area contributed by atoms with Crippen LogP contribution in [0.1, 0.15) is 31.7 Å². The molecule has 2 rings (SSSR count). The minimum absolute atomic E-state index is 0.0135. The Kier molecular flexibility index (Phi) is 5.77. The van der Waals surface area contributed by atoms with E-state index >= 15 is 0 Å². The molecule has 1 aromatic carbocycles. The summed E-state index contributed by atoms with van der Waals surface area (Å²) in [5, 5.41) is 0.306. The first-order valence-electron chi connectivity index (χ1n) is 7.51. The molecule has 2 amide bonds. The molecule has 0 bridgehead atoms. The SMILES string of the molecule is CCN(Cc1c(F)cccc1Cl)C(=O)CN1CCCCC1=O. The molecular weight excluding hydrogens is 307 g/mol. The van der Waals surface area contributed by atoms with Crippen LogP contribution in [0.25, 0.3) is 0 Å². The fraction of sp³-hybridized carbons (Fsp3) is 0.500. The lowest BCUT2D eigenvalue weighted by molar-refractivity contribution is -0.142. The number of likely N-dealkylation sites (N-methyl/N-ethyl adjacent to an activating group) is 1. The first-order valence-corrected chi connectivity index (χ1v) is 7.89. The zero-order valence-electron chi connectivity index (χ0n) is 12.6. The normalized spacial score (nSPS) is 15.0. The number of carbonyl (C=O) groups excluding carboxylic acids is 2. The lowest BCUT2D eigenvalue weighted by Gasteiger charge is -2.29. The molecule has 0 aromatic heterocycles. The third kappa shape index (κ3) is 3.97. The number of carbonyl (C=O) groups is 2. The Bertz CT molecular complexity index is 545.